The van der Waals surface area contributed by atoms with Gasteiger partial charge in [0, 0.05) is 18.8 Å². The lowest BCUT2D eigenvalue weighted by molar-refractivity contribution is 0.132. The van der Waals surface area contributed by atoms with Crippen LogP contribution in [-0.2, 0) is 14.6 Å². The van der Waals surface area contributed by atoms with Crippen molar-refractivity contribution in [2.45, 2.75) is 30.9 Å². The number of benzene rings is 1. The monoisotopic (exact) mass is 321 g/mol. The van der Waals surface area contributed by atoms with E-state index in [-0.39, 0.29) is 4.90 Å². The van der Waals surface area contributed by atoms with Crippen molar-refractivity contribution in [2.24, 2.45) is 5.92 Å². The van der Waals surface area contributed by atoms with E-state index in [2.05, 4.69) is 19.2 Å². The Balaban J connectivity index is 2.39. The largest absolute Gasteiger partial charge is 0.383 e. The van der Waals surface area contributed by atoms with Crippen molar-refractivity contribution in [3.63, 3.8) is 0 Å². The minimum absolute atomic E-state index is 0.378. The van der Waals surface area contributed by atoms with E-state index in [0.29, 0.717) is 31.4 Å². The molecule has 120 valence electrons. The Hall–Kier alpha value is -1.21. The van der Waals surface area contributed by atoms with Crippen LogP contribution in [0.3, 0.4) is 0 Å². The van der Waals surface area contributed by atoms with Crippen LogP contribution >= 0.6 is 0 Å². The van der Waals surface area contributed by atoms with E-state index in [1.807, 2.05) is 0 Å². The predicted octanol–water partition coefficient (Wildman–Crippen LogP) is 3.16. The molecule has 1 N–H and O–H groups in total. The second kappa shape index (κ2) is 8.29. The summed E-state index contributed by atoms with van der Waals surface area (Å²) >= 11 is 0. The maximum absolute atomic E-state index is 12.4. The Morgan fingerprint density at radius 1 is 1.14 bits per heavy atom. The van der Waals surface area contributed by atoms with Gasteiger partial charge in [0.2, 0.25) is 9.84 Å². The first-order valence-corrected chi connectivity index (χ1v) is 8.32. The predicted molar refractivity (Wildman–Crippen MR) is 78.4 cm³/mol. The van der Waals surface area contributed by atoms with Crippen LogP contribution in [0.2, 0.25) is 0 Å². The number of sulfone groups is 1. The fraction of sp³-hybridized carbons (Fsp3) is 0.571. The van der Waals surface area contributed by atoms with Crippen molar-refractivity contribution in [1.29, 1.82) is 0 Å². The van der Waals surface area contributed by atoms with Crippen molar-refractivity contribution < 1.29 is 21.9 Å². The molecule has 0 radical (unpaired) electrons. The van der Waals surface area contributed by atoms with Gasteiger partial charge in [0.25, 0.3) is 0 Å². The molecule has 0 aliphatic rings. The van der Waals surface area contributed by atoms with Crippen LogP contribution in [0.4, 0.5) is 14.5 Å². The third-order valence-corrected chi connectivity index (χ3v) is 4.23. The number of hydrogen-bond acceptors (Lipinski definition) is 4. The molecule has 0 spiro atoms. The maximum Gasteiger partial charge on any atom is 0.341 e. The lowest BCUT2D eigenvalue weighted by Gasteiger charge is -2.09. The van der Waals surface area contributed by atoms with E-state index in [1.165, 1.54) is 24.3 Å². The number of anilines is 1. The molecular weight excluding hydrogens is 300 g/mol. The first kappa shape index (κ1) is 17.8. The van der Waals surface area contributed by atoms with Crippen molar-refractivity contribution in [2.75, 3.05) is 25.1 Å². The van der Waals surface area contributed by atoms with Gasteiger partial charge in [-0.05, 0) is 36.6 Å². The number of ether oxygens (including phenoxy) is 1. The highest BCUT2D eigenvalue weighted by Crippen LogP contribution is 2.20. The molecule has 0 heterocycles. The Bertz CT molecular complexity index is 516. The maximum atomic E-state index is 12.4. The van der Waals surface area contributed by atoms with Crippen molar-refractivity contribution in [3.05, 3.63) is 24.3 Å². The molecule has 0 amide bonds. The summed E-state index contributed by atoms with van der Waals surface area (Å²) in [6.45, 7) is 6.04. The quantitative estimate of drug-likeness (QED) is 0.710. The highest BCUT2D eigenvalue weighted by atomic mass is 32.2. The van der Waals surface area contributed by atoms with E-state index in [1.54, 1.807) is 0 Å². The minimum atomic E-state index is -4.52. The molecule has 0 saturated carbocycles. The highest BCUT2D eigenvalue weighted by Gasteiger charge is 2.26. The molecule has 21 heavy (non-hydrogen) atoms. The van der Waals surface area contributed by atoms with E-state index in [9.17, 15) is 17.2 Å². The molecule has 0 aliphatic carbocycles. The number of rotatable bonds is 9. The summed E-state index contributed by atoms with van der Waals surface area (Å²) in [6, 6.07) is 5.26. The molecule has 1 rings (SSSR count). The SMILES string of the molecule is CC(C)CCOCCNc1ccc(S(=O)(=O)C(F)F)cc1. The molecular formula is C14H21F2NO3S. The summed E-state index contributed by atoms with van der Waals surface area (Å²) < 4.78 is 52.6. The van der Waals surface area contributed by atoms with E-state index < -0.39 is 15.6 Å². The number of hydrogen-bond donors (Lipinski definition) is 1. The minimum Gasteiger partial charge on any atom is -0.383 e. The summed E-state index contributed by atoms with van der Waals surface area (Å²) in [6.07, 6.45) is 1.00. The molecule has 7 heteroatoms. The summed E-state index contributed by atoms with van der Waals surface area (Å²) in [7, 11) is -4.52. The fourth-order valence-corrected chi connectivity index (χ4v) is 2.28. The summed E-state index contributed by atoms with van der Waals surface area (Å²) in [4.78, 5) is -0.378. The Morgan fingerprint density at radius 3 is 2.29 bits per heavy atom. The van der Waals surface area contributed by atoms with Gasteiger partial charge >= 0.3 is 5.76 Å². The van der Waals surface area contributed by atoms with Gasteiger partial charge in [-0.2, -0.15) is 8.78 Å². The van der Waals surface area contributed by atoms with Gasteiger partial charge < -0.3 is 10.1 Å². The molecule has 0 bridgehead atoms. The zero-order valence-corrected chi connectivity index (χ0v) is 13.0. The van der Waals surface area contributed by atoms with Crippen LogP contribution in [-0.4, -0.2) is 33.9 Å². The zero-order valence-electron chi connectivity index (χ0n) is 12.2. The Morgan fingerprint density at radius 2 is 1.76 bits per heavy atom. The topological polar surface area (TPSA) is 55.4 Å². The van der Waals surface area contributed by atoms with Gasteiger partial charge in [0.05, 0.1) is 11.5 Å². The van der Waals surface area contributed by atoms with E-state index in [0.717, 1.165) is 6.42 Å². The lowest BCUT2D eigenvalue weighted by Crippen LogP contribution is -2.12. The summed E-state index contributed by atoms with van der Waals surface area (Å²) in [5.41, 5.74) is 0.663. The summed E-state index contributed by atoms with van der Waals surface area (Å²) in [5, 5.41) is 3.03. The van der Waals surface area contributed by atoms with Crippen molar-refractivity contribution in [1.82, 2.24) is 0 Å². The van der Waals surface area contributed by atoms with Gasteiger partial charge in [0.15, 0.2) is 0 Å². The zero-order chi connectivity index (χ0) is 15.9. The van der Waals surface area contributed by atoms with Crippen molar-refractivity contribution >= 4 is 15.5 Å². The van der Waals surface area contributed by atoms with Crippen LogP contribution in [0.25, 0.3) is 0 Å². The standard InChI is InChI=1S/C14H21F2NO3S/c1-11(2)7-9-20-10-8-17-12-3-5-13(6-4-12)21(18,19)14(15)16/h3-6,11,14,17H,7-10H2,1-2H3. The molecule has 0 aromatic heterocycles. The van der Waals surface area contributed by atoms with Crippen LogP contribution in [0.1, 0.15) is 20.3 Å². The van der Waals surface area contributed by atoms with Crippen LogP contribution in [0, 0.1) is 5.92 Å². The smallest absolute Gasteiger partial charge is 0.341 e. The van der Waals surface area contributed by atoms with E-state index >= 15 is 0 Å². The Kier molecular flexibility index (Phi) is 7.04. The molecule has 1 aromatic rings. The second-order valence-corrected chi connectivity index (χ2v) is 6.97. The van der Waals surface area contributed by atoms with Gasteiger partial charge in [-0.25, -0.2) is 8.42 Å². The second-order valence-electron chi connectivity index (χ2n) is 5.05. The van der Waals surface area contributed by atoms with Gasteiger partial charge in [-0.3, -0.25) is 0 Å². The first-order valence-electron chi connectivity index (χ1n) is 6.77. The molecule has 0 saturated heterocycles. The molecule has 4 nitrogen and oxygen atoms in total. The van der Waals surface area contributed by atoms with Gasteiger partial charge in [-0.1, -0.05) is 13.8 Å². The van der Waals surface area contributed by atoms with Crippen LogP contribution in [0.5, 0.6) is 0 Å². The highest BCUT2D eigenvalue weighted by molar-refractivity contribution is 7.91. The van der Waals surface area contributed by atoms with E-state index in [4.69, 9.17) is 4.74 Å². The first-order chi connectivity index (χ1) is 9.84. The average molecular weight is 321 g/mol. The summed E-state index contributed by atoms with van der Waals surface area (Å²) in [5.74, 6) is -2.80. The number of alkyl halides is 2. The molecule has 0 unspecified atom stereocenters. The Labute approximate surface area is 124 Å². The van der Waals surface area contributed by atoms with Gasteiger partial charge in [0.1, 0.15) is 0 Å². The molecule has 1 aromatic carbocycles. The van der Waals surface area contributed by atoms with Crippen molar-refractivity contribution in [3.8, 4) is 0 Å². The lowest BCUT2D eigenvalue weighted by atomic mass is 10.1. The normalized spacial score (nSPS) is 12.1. The molecule has 0 aliphatic heterocycles. The van der Waals surface area contributed by atoms with Crippen LogP contribution < -0.4 is 5.32 Å². The average Bonchev–Trinajstić information content (AvgIpc) is 2.42. The molecule has 0 atom stereocenters. The fourth-order valence-electron chi connectivity index (χ4n) is 1.55. The van der Waals surface area contributed by atoms with Crippen LogP contribution in [0.15, 0.2) is 29.2 Å². The number of halogens is 2. The van der Waals surface area contributed by atoms with Gasteiger partial charge in [-0.15, -0.1) is 0 Å². The number of nitrogens with one attached hydrogen (secondary N) is 1. The third kappa shape index (κ3) is 5.97. The third-order valence-electron chi connectivity index (χ3n) is 2.83. The molecule has 0 fully saturated rings.